The number of hydrogen-bond acceptors (Lipinski definition) is 3. The second-order valence-corrected chi connectivity index (χ2v) is 7.40. The van der Waals surface area contributed by atoms with Gasteiger partial charge in [0.2, 0.25) is 0 Å². The Bertz CT molecular complexity index is 1070. The van der Waals surface area contributed by atoms with Gasteiger partial charge in [-0.05, 0) is 42.8 Å². The zero-order valence-electron chi connectivity index (χ0n) is 14.3. The fourth-order valence-corrected chi connectivity index (χ4v) is 3.42. The third-order valence-electron chi connectivity index (χ3n) is 4.35. The van der Waals surface area contributed by atoms with E-state index in [4.69, 9.17) is 39.2 Å². The molecule has 0 aliphatic carbocycles. The minimum atomic E-state index is 0.571. The zero-order chi connectivity index (χ0) is 18.8. The summed E-state index contributed by atoms with van der Waals surface area (Å²) < 4.78 is 7.41. The lowest BCUT2D eigenvalue weighted by molar-refractivity contribution is 0.594. The van der Waals surface area contributed by atoms with Crippen molar-refractivity contribution in [2.75, 3.05) is 6.54 Å². The molecular formula is C20H16Cl3N3O. The molecule has 0 fully saturated rings. The molecule has 0 radical (unpaired) electrons. The molecule has 4 nitrogen and oxygen atoms in total. The van der Waals surface area contributed by atoms with Crippen LogP contribution in [0.1, 0.15) is 11.3 Å². The van der Waals surface area contributed by atoms with Crippen molar-refractivity contribution in [1.82, 2.24) is 14.7 Å². The van der Waals surface area contributed by atoms with Crippen LogP contribution in [0.25, 0.3) is 17.1 Å². The number of oxazole rings is 1. The Balaban J connectivity index is 1.49. The predicted octanol–water partition coefficient (Wildman–Crippen LogP) is 5.89. The van der Waals surface area contributed by atoms with Crippen LogP contribution in [-0.2, 0) is 13.0 Å². The molecule has 0 unspecified atom stereocenters. The molecule has 4 aromatic rings. The lowest BCUT2D eigenvalue weighted by atomic mass is 10.1. The number of aromatic nitrogens is 2. The van der Waals surface area contributed by atoms with Crippen LogP contribution in [0.15, 0.2) is 59.3 Å². The van der Waals surface area contributed by atoms with Crippen molar-refractivity contribution in [2.45, 2.75) is 13.0 Å². The summed E-state index contributed by atoms with van der Waals surface area (Å²) in [7, 11) is 0. The molecule has 0 saturated carbocycles. The molecule has 7 heteroatoms. The summed E-state index contributed by atoms with van der Waals surface area (Å²) in [6.07, 6.45) is 4.35. The summed E-state index contributed by atoms with van der Waals surface area (Å²) in [5.41, 5.74) is 4.06. The summed E-state index contributed by atoms with van der Waals surface area (Å²) >= 11 is 18.0. The monoisotopic (exact) mass is 419 g/mol. The minimum absolute atomic E-state index is 0.571. The van der Waals surface area contributed by atoms with Gasteiger partial charge in [0.05, 0.1) is 21.4 Å². The van der Waals surface area contributed by atoms with Crippen LogP contribution in [0.5, 0.6) is 0 Å². The van der Waals surface area contributed by atoms with Gasteiger partial charge >= 0.3 is 5.84 Å². The van der Waals surface area contributed by atoms with E-state index in [2.05, 4.69) is 10.3 Å². The third kappa shape index (κ3) is 3.99. The first-order chi connectivity index (χ1) is 13.1. The quantitative estimate of drug-likeness (QED) is 0.396. The maximum absolute atomic E-state index is 6.08. The van der Waals surface area contributed by atoms with E-state index in [1.807, 2.05) is 53.1 Å². The third-order valence-corrected chi connectivity index (χ3v) is 5.34. The van der Waals surface area contributed by atoms with Crippen LogP contribution in [0.4, 0.5) is 0 Å². The Morgan fingerprint density at radius 2 is 1.81 bits per heavy atom. The van der Waals surface area contributed by atoms with Crippen molar-refractivity contribution in [3.05, 3.63) is 81.2 Å². The van der Waals surface area contributed by atoms with Crippen molar-refractivity contribution >= 4 is 40.6 Å². The van der Waals surface area contributed by atoms with E-state index in [1.54, 1.807) is 6.26 Å². The molecule has 2 aromatic heterocycles. The molecule has 0 saturated heterocycles. The fourth-order valence-electron chi connectivity index (χ4n) is 2.98. The van der Waals surface area contributed by atoms with Crippen molar-refractivity contribution in [1.29, 1.82) is 0 Å². The highest BCUT2D eigenvalue weighted by atomic mass is 35.5. The van der Waals surface area contributed by atoms with Crippen LogP contribution in [0.2, 0.25) is 15.1 Å². The molecule has 0 amide bonds. The second-order valence-electron chi connectivity index (χ2n) is 6.14. The van der Waals surface area contributed by atoms with E-state index in [1.165, 1.54) is 0 Å². The van der Waals surface area contributed by atoms with Crippen LogP contribution >= 0.6 is 34.8 Å². The number of nitrogens with zero attached hydrogens (tertiary/aromatic N) is 2. The summed E-state index contributed by atoms with van der Waals surface area (Å²) in [5, 5.41) is 5.32. The van der Waals surface area contributed by atoms with Crippen LogP contribution in [0.3, 0.4) is 0 Å². The van der Waals surface area contributed by atoms with E-state index in [9.17, 15) is 0 Å². The highest BCUT2D eigenvalue weighted by Gasteiger charge is 2.15. The molecular weight excluding hydrogens is 405 g/mol. The van der Waals surface area contributed by atoms with E-state index >= 15 is 0 Å². The van der Waals surface area contributed by atoms with E-state index < -0.39 is 0 Å². The normalized spacial score (nSPS) is 11.4. The maximum Gasteiger partial charge on any atom is 0.306 e. The lowest BCUT2D eigenvalue weighted by Gasteiger charge is -2.08. The van der Waals surface area contributed by atoms with Gasteiger partial charge < -0.3 is 9.73 Å². The first kappa shape index (κ1) is 18.4. The summed E-state index contributed by atoms with van der Waals surface area (Å²) in [6, 6.07) is 13.4. The topological polar surface area (TPSA) is 42.5 Å². The Labute approximate surface area is 171 Å². The Morgan fingerprint density at radius 3 is 2.59 bits per heavy atom. The van der Waals surface area contributed by atoms with Gasteiger partial charge in [0.1, 0.15) is 6.26 Å². The maximum atomic E-state index is 6.08. The van der Waals surface area contributed by atoms with Crippen molar-refractivity contribution in [3.63, 3.8) is 0 Å². The van der Waals surface area contributed by atoms with Gasteiger partial charge in [-0.1, -0.05) is 53.0 Å². The van der Waals surface area contributed by atoms with Crippen molar-refractivity contribution < 1.29 is 4.42 Å². The summed E-state index contributed by atoms with van der Waals surface area (Å²) in [4.78, 5) is 4.61. The summed E-state index contributed by atoms with van der Waals surface area (Å²) in [6.45, 7) is 1.45. The number of benzene rings is 2. The molecule has 0 bridgehead atoms. The Kier molecular flexibility index (Phi) is 5.41. The predicted molar refractivity (Wildman–Crippen MR) is 110 cm³/mol. The Morgan fingerprint density at radius 1 is 1.00 bits per heavy atom. The molecule has 1 N–H and O–H groups in total. The van der Waals surface area contributed by atoms with Crippen LogP contribution in [-0.4, -0.2) is 15.9 Å². The minimum Gasteiger partial charge on any atom is -0.432 e. The number of rotatable bonds is 6. The van der Waals surface area contributed by atoms with Gasteiger partial charge in [-0.2, -0.15) is 4.98 Å². The van der Waals surface area contributed by atoms with Crippen LogP contribution < -0.4 is 5.32 Å². The van der Waals surface area contributed by atoms with Crippen LogP contribution in [0, 0.1) is 0 Å². The molecule has 0 spiro atoms. The molecule has 4 rings (SSSR count). The number of hydrogen-bond donors (Lipinski definition) is 1. The average molecular weight is 421 g/mol. The molecule has 2 heterocycles. The SMILES string of the molecule is Clc1ccc(-c2nc3occn3c2CNCCc2ccc(Cl)c(Cl)c2)cc1. The number of nitrogens with one attached hydrogen (secondary N) is 1. The largest absolute Gasteiger partial charge is 0.432 e. The molecule has 0 atom stereocenters. The van der Waals surface area contributed by atoms with Crippen molar-refractivity contribution in [2.24, 2.45) is 0 Å². The summed E-state index contributed by atoms with van der Waals surface area (Å²) in [5.74, 6) is 0.571. The number of halogens is 3. The van der Waals surface area contributed by atoms with Gasteiger partial charge in [0.15, 0.2) is 0 Å². The molecule has 27 heavy (non-hydrogen) atoms. The first-order valence-electron chi connectivity index (χ1n) is 8.47. The second kappa shape index (κ2) is 7.95. The lowest BCUT2D eigenvalue weighted by Crippen LogP contribution is -2.18. The van der Waals surface area contributed by atoms with Gasteiger partial charge in [-0.3, -0.25) is 4.40 Å². The van der Waals surface area contributed by atoms with Gasteiger partial charge in [0.25, 0.3) is 0 Å². The van der Waals surface area contributed by atoms with Gasteiger partial charge in [-0.15, -0.1) is 0 Å². The standard InChI is InChI=1S/C20H16Cl3N3O/c21-15-4-2-14(3-5-15)19-18(26-9-10-27-20(26)25-19)12-24-8-7-13-1-6-16(22)17(23)11-13/h1-6,9-11,24H,7-8,12H2. The highest BCUT2D eigenvalue weighted by molar-refractivity contribution is 6.42. The smallest absolute Gasteiger partial charge is 0.306 e. The van der Waals surface area contributed by atoms with E-state index in [0.717, 1.165) is 35.5 Å². The zero-order valence-corrected chi connectivity index (χ0v) is 16.5. The fraction of sp³-hybridized carbons (Fsp3) is 0.150. The number of fused-ring (bicyclic) bond motifs is 1. The number of imidazole rings is 1. The first-order valence-corrected chi connectivity index (χ1v) is 9.60. The molecule has 0 aliphatic rings. The average Bonchev–Trinajstić information content (AvgIpc) is 3.24. The molecule has 138 valence electrons. The Hall–Kier alpha value is -1.98. The van der Waals surface area contributed by atoms with Crippen molar-refractivity contribution in [3.8, 4) is 11.3 Å². The van der Waals surface area contributed by atoms with E-state index in [-0.39, 0.29) is 0 Å². The van der Waals surface area contributed by atoms with Gasteiger partial charge in [-0.25, -0.2) is 0 Å². The molecule has 0 aliphatic heterocycles. The highest BCUT2D eigenvalue weighted by Crippen LogP contribution is 2.26. The van der Waals surface area contributed by atoms with Gasteiger partial charge in [0, 0.05) is 23.3 Å². The molecule has 2 aromatic carbocycles. The van der Waals surface area contributed by atoms with E-state index in [0.29, 0.717) is 27.5 Å².